The lowest BCUT2D eigenvalue weighted by molar-refractivity contribution is 0.0494. The Morgan fingerprint density at radius 1 is 1.27 bits per heavy atom. The summed E-state index contributed by atoms with van der Waals surface area (Å²) in [7, 11) is 0. The summed E-state index contributed by atoms with van der Waals surface area (Å²) in [6, 6.07) is 4.15. The van der Waals surface area contributed by atoms with Gasteiger partial charge in [-0.3, -0.25) is 4.79 Å². The minimum atomic E-state index is -0.869. The summed E-state index contributed by atoms with van der Waals surface area (Å²) in [5, 5.41) is 9.23. The molecule has 6 heteroatoms. The van der Waals surface area contributed by atoms with Gasteiger partial charge in [0.05, 0.1) is 5.56 Å². The average molecular weight is 307 g/mol. The number of rotatable bonds is 3. The van der Waals surface area contributed by atoms with E-state index < -0.39 is 11.9 Å². The molecule has 22 heavy (non-hydrogen) atoms. The van der Waals surface area contributed by atoms with Gasteiger partial charge in [-0.25, -0.2) is 9.18 Å². The van der Waals surface area contributed by atoms with Gasteiger partial charge in [0.25, 0.3) is 0 Å². The summed E-state index contributed by atoms with van der Waals surface area (Å²) in [6.07, 6.45) is 2.02. The molecular weight excluding hydrogens is 289 g/mol. The molecule has 0 aliphatic carbocycles. The number of fused-ring (bicyclic) bond motifs is 2. The molecule has 2 bridgehead atoms. The number of halogens is 1. The van der Waals surface area contributed by atoms with Gasteiger partial charge in [-0.05, 0) is 38.0 Å². The van der Waals surface area contributed by atoms with Crippen LogP contribution in [0.15, 0.2) is 18.2 Å². The van der Waals surface area contributed by atoms with Crippen molar-refractivity contribution in [3.63, 3.8) is 0 Å². The Bertz CT molecular complexity index is 604. The molecule has 2 aliphatic rings. The first-order valence-corrected chi connectivity index (χ1v) is 7.44. The molecular formula is C16H18FNO4. The van der Waals surface area contributed by atoms with Crippen LogP contribution >= 0.6 is 0 Å². The second-order valence-corrected chi connectivity index (χ2v) is 5.98. The fraction of sp³-hybridized carbons (Fsp3) is 0.500. The van der Waals surface area contributed by atoms with E-state index in [2.05, 4.69) is 0 Å². The zero-order valence-electron chi connectivity index (χ0n) is 12.3. The summed E-state index contributed by atoms with van der Waals surface area (Å²) in [5.74, 6) is -0.441. The molecule has 0 unspecified atom stereocenters. The maximum absolute atomic E-state index is 13.5. The monoisotopic (exact) mass is 307 g/mol. The second-order valence-electron chi connectivity index (χ2n) is 5.98. The van der Waals surface area contributed by atoms with Crippen molar-refractivity contribution >= 4 is 11.9 Å². The van der Waals surface area contributed by atoms with Crippen molar-refractivity contribution in [1.29, 1.82) is 0 Å². The number of benzene rings is 1. The second kappa shape index (κ2) is 5.59. The van der Waals surface area contributed by atoms with Crippen LogP contribution in [0, 0.1) is 5.82 Å². The standard InChI is InChI=1S/C16H18FNO4/c1-9(19)14-8-12(4-5-15(14)17)22-13-6-10-2-3-11(7-13)18(10)16(20)21/h4-5,8,10-11,13H,2-3,6-7H2,1H3,(H,20,21)/t10-,11+,13+. The number of carbonyl (C=O) groups is 2. The van der Waals surface area contributed by atoms with E-state index in [1.165, 1.54) is 30.0 Å². The smallest absolute Gasteiger partial charge is 0.407 e. The summed E-state index contributed by atoms with van der Waals surface area (Å²) in [5.41, 5.74) is 0.0171. The molecule has 0 saturated carbocycles. The number of carbonyl (C=O) groups excluding carboxylic acids is 1. The molecule has 2 heterocycles. The molecule has 1 amide bonds. The minimum absolute atomic E-state index is 0.00558. The van der Waals surface area contributed by atoms with Crippen molar-refractivity contribution in [3.8, 4) is 5.75 Å². The number of hydrogen-bond acceptors (Lipinski definition) is 3. The summed E-state index contributed by atoms with van der Waals surface area (Å²) in [6.45, 7) is 1.31. The van der Waals surface area contributed by atoms with E-state index in [9.17, 15) is 19.1 Å². The molecule has 3 rings (SSSR count). The van der Waals surface area contributed by atoms with E-state index in [0.29, 0.717) is 18.6 Å². The largest absolute Gasteiger partial charge is 0.490 e. The molecule has 2 fully saturated rings. The zero-order valence-corrected chi connectivity index (χ0v) is 12.3. The fourth-order valence-corrected chi connectivity index (χ4v) is 3.58. The summed E-state index contributed by atoms with van der Waals surface area (Å²) >= 11 is 0. The number of hydrogen-bond donors (Lipinski definition) is 1. The quantitative estimate of drug-likeness (QED) is 0.871. The third-order valence-electron chi connectivity index (χ3n) is 4.53. The highest BCUT2D eigenvalue weighted by Gasteiger charge is 2.44. The Hall–Kier alpha value is -2.11. The predicted octanol–water partition coefficient (Wildman–Crippen LogP) is 3.08. The van der Waals surface area contributed by atoms with Gasteiger partial charge < -0.3 is 14.7 Å². The fourth-order valence-electron chi connectivity index (χ4n) is 3.58. The molecule has 1 N–H and O–H groups in total. The van der Waals surface area contributed by atoms with Gasteiger partial charge in [0, 0.05) is 24.9 Å². The van der Waals surface area contributed by atoms with Crippen LogP contribution in [-0.2, 0) is 0 Å². The summed E-state index contributed by atoms with van der Waals surface area (Å²) < 4.78 is 19.4. The first kappa shape index (κ1) is 14.8. The zero-order chi connectivity index (χ0) is 15.9. The Kier molecular flexibility index (Phi) is 3.76. The van der Waals surface area contributed by atoms with E-state index >= 15 is 0 Å². The molecule has 0 radical (unpaired) electrons. The topological polar surface area (TPSA) is 66.8 Å². The first-order chi connectivity index (χ1) is 10.5. The number of amides is 1. The number of ether oxygens (including phenoxy) is 1. The van der Waals surface area contributed by atoms with Crippen LogP contribution in [0.2, 0.25) is 0 Å². The maximum atomic E-state index is 13.5. The molecule has 118 valence electrons. The Labute approximate surface area is 127 Å². The van der Waals surface area contributed by atoms with Crippen molar-refractivity contribution in [2.45, 2.75) is 50.8 Å². The molecule has 1 aromatic rings. The van der Waals surface area contributed by atoms with E-state index in [1.54, 1.807) is 0 Å². The Morgan fingerprint density at radius 3 is 2.45 bits per heavy atom. The van der Waals surface area contributed by atoms with Gasteiger partial charge in [0.2, 0.25) is 0 Å². The predicted molar refractivity (Wildman–Crippen MR) is 76.7 cm³/mol. The van der Waals surface area contributed by atoms with Gasteiger partial charge in [-0.2, -0.15) is 0 Å². The molecule has 1 aromatic carbocycles. The average Bonchev–Trinajstić information content (AvgIpc) is 2.73. The van der Waals surface area contributed by atoms with Crippen molar-refractivity contribution < 1.29 is 23.8 Å². The SMILES string of the molecule is CC(=O)c1cc(O[C@H]2C[C@H]3CC[C@@H](C2)N3C(=O)O)ccc1F. The lowest BCUT2D eigenvalue weighted by atomic mass is 10.00. The summed E-state index contributed by atoms with van der Waals surface area (Å²) in [4.78, 5) is 24.2. The number of ketones is 1. The highest BCUT2D eigenvalue weighted by molar-refractivity contribution is 5.94. The van der Waals surface area contributed by atoms with E-state index in [4.69, 9.17) is 4.74 Å². The molecule has 2 saturated heterocycles. The third-order valence-corrected chi connectivity index (χ3v) is 4.53. The van der Waals surface area contributed by atoms with Crippen molar-refractivity contribution in [2.24, 2.45) is 0 Å². The lowest BCUT2D eigenvalue weighted by Crippen LogP contribution is -2.48. The van der Waals surface area contributed by atoms with Gasteiger partial charge >= 0.3 is 6.09 Å². The lowest BCUT2D eigenvalue weighted by Gasteiger charge is -2.37. The molecule has 0 aromatic heterocycles. The first-order valence-electron chi connectivity index (χ1n) is 7.44. The maximum Gasteiger partial charge on any atom is 0.407 e. The highest BCUT2D eigenvalue weighted by Crippen LogP contribution is 2.37. The van der Waals surface area contributed by atoms with Gasteiger partial charge in [0.1, 0.15) is 17.7 Å². The number of Topliss-reactive ketones (excluding diaryl/α,β-unsaturated/α-hetero) is 1. The number of piperidine rings is 1. The van der Waals surface area contributed by atoms with Crippen molar-refractivity contribution in [2.75, 3.05) is 0 Å². The minimum Gasteiger partial charge on any atom is -0.490 e. The van der Waals surface area contributed by atoms with E-state index in [1.807, 2.05) is 0 Å². The van der Waals surface area contributed by atoms with Crippen LogP contribution in [0.3, 0.4) is 0 Å². The number of carboxylic acid groups (broad SMARTS) is 1. The molecule has 5 nitrogen and oxygen atoms in total. The van der Waals surface area contributed by atoms with Crippen LogP contribution in [-0.4, -0.2) is 40.1 Å². The highest BCUT2D eigenvalue weighted by atomic mass is 19.1. The molecule has 0 spiro atoms. The molecule has 3 atom stereocenters. The van der Waals surface area contributed by atoms with Gasteiger partial charge in [-0.1, -0.05) is 0 Å². The Morgan fingerprint density at radius 2 is 1.91 bits per heavy atom. The third kappa shape index (κ3) is 2.65. The van der Waals surface area contributed by atoms with Crippen LogP contribution in [0.4, 0.5) is 9.18 Å². The van der Waals surface area contributed by atoms with Crippen LogP contribution in [0.25, 0.3) is 0 Å². The van der Waals surface area contributed by atoms with Crippen LogP contribution in [0.5, 0.6) is 5.75 Å². The van der Waals surface area contributed by atoms with Crippen molar-refractivity contribution in [1.82, 2.24) is 4.90 Å². The normalized spacial score (nSPS) is 26.8. The van der Waals surface area contributed by atoms with Crippen molar-refractivity contribution in [3.05, 3.63) is 29.6 Å². The van der Waals surface area contributed by atoms with E-state index in [-0.39, 0.29) is 29.5 Å². The van der Waals surface area contributed by atoms with Crippen LogP contribution in [0.1, 0.15) is 43.0 Å². The van der Waals surface area contributed by atoms with E-state index in [0.717, 1.165) is 12.8 Å². The van der Waals surface area contributed by atoms with Crippen LogP contribution < -0.4 is 4.74 Å². The number of nitrogens with zero attached hydrogens (tertiary/aromatic N) is 1. The van der Waals surface area contributed by atoms with Gasteiger partial charge in [-0.15, -0.1) is 0 Å². The Balaban J connectivity index is 1.72. The molecule has 2 aliphatic heterocycles. The van der Waals surface area contributed by atoms with Gasteiger partial charge in [0.15, 0.2) is 5.78 Å².